The molecule has 0 bridgehead atoms. The largest absolute Gasteiger partial charge is 0.881 e. The number of quaternary nitrogens is 8. The molecule has 0 saturated carbocycles. The van der Waals surface area contributed by atoms with Gasteiger partial charge in [0.15, 0.2) is 0 Å². The summed E-state index contributed by atoms with van der Waals surface area (Å²) in [5.74, 6) is 3.67. The fourth-order valence-electron chi connectivity index (χ4n) is 17.9. The van der Waals surface area contributed by atoms with Gasteiger partial charge >= 0.3 is 0 Å². The van der Waals surface area contributed by atoms with Crippen LogP contribution in [0.5, 0.6) is 0 Å². The Morgan fingerprint density at radius 2 is 0.250 bits per heavy atom. The van der Waals surface area contributed by atoms with Gasteiger partial charge in [0.1, 0.15) is 0 Å². The van der Waals surface area contributed by atoms with Gasteiger partial charge in [-0.3, -0.25) is 0 Å². The first-order valence-corrected chi connectivity index (χ1v) is 48.8. The second-order valence-electron chi connectivity index (χ2n) is 38.3. The van der Waals surface area contributed by atoms with Gasteiger partial charge in [0.2, 0.25) is 0 Å². The van der Waals surface area contributed by atoms with E-state index in [-0.39, 0.29) is 0 Å². The molecular weight excluding hydrogens is 1440 g/mol. The van der Waals surface area contributed by atoms with Gasteiger partial charge in [-0.2, -0.15) is 0 Å². The maximum Gasteiger partial charge on any atom is 0.0786 e. The average molecular weight is 1640 g/mol. The van der Waals surface area contributed by atoms with Crippen LogP contribution in [-0.2, 0) is 0 Å². The van der Waals surface area contributed by atoms with E-state index in [4.69, 9.17) is 61.2 Å². The Labute approximate surface area is 722 Å². The van der Waals surface area contributed by atoms with Crippen LogP contribution in [0.2, 0.25) is 0 Å². The lowest BCUT2D eigenvalue weighted by molar-refractivity contribution is -0.897. The van der Waals surface area contributed by atoms with Crippen molar-refractivity contribution in [3.63, 3.8) is 0 Å². The molecule has 8 rings (SSSR count). The zero-order valence-corrected chi connectivity index (χ0v) is 79.9. The molecule has 0 atom stereocenters. The molecule has 0 aromatic heterocycles. The molecule has 8 heterocycles. The minimum absolute atomic E-state index is 0.917. The SMILES string of the molecule is CCCCCC[N+]1(C)CCCC1.CCCCCC[N+]1(C)CCCC1.CCCCCC[N+]1(C)CCCC1.CCCCCC[N+]1(C)CCCC1.CCCCCC[N+]1(C)CCCC1.CCCCCC[N+]1(C)CCCC1.CCCCCC[N+]1(C)CCCC1.CCCCCC[N+]1(C)CCCC1.N#CB([O-])[O-].N#CB([O-])[O-].N#CB([O-])[O-].N#CB([O-])[O-]. The van der Waals surface area contributed by atoms with Crippen LogP contribution in [0.4, 0.5) is 0 Å². The highest BCUT2D eigenvalue weighted by Gasteiger charge is 2.31. The van der Waals surface area contributed by atoms with Crippen LogP contribution < -0.4 is 40.2 Å². The molecule has 0 aliphatic carbocycles. The van der Waals surface area contributed by atoms with Gasteiger partial charge < -0.3 is 76.1 Å². The summed E-state index contributed by atoms with van der Waals surface area (Å²) in [5.41, 5.74) is 0. The Bertz CT molecular complexity index is 1850. The molecule has 0 aromatic carbocycles. The van der Waals surface area contributed by atoms with Crippen molar-refractivity contribution in [1.29, 1.82) is 21.0 Å². The molecule has 8 aliphatic heterocycles. The Morgan fingerprint density at radius 1 is 0.172 bits per heavy atom. The van der Waals surface area contributed by atoms with E-state index in [2.05, 4.69) is 112 Å². The summed E-state index contributed by atoms with van der Waals surface area (Å²) in [4.78, 5) is 0. The number of rotatable bonds is 40. The smallest absolute Gasteiger partial charge is 0.0786 e. The van der Waals surface area contributed by atoms with Crippen LogP contribution in [0.15, 0.2) is 0 Å². The van der Waals surface area contributed by atoms with E-state index in [1.54, 1.807) is 0 Å². The molecule has 0 unspecified atom stereocenters. The minimum Gasteiger partial charge on any atom is -0.881 e. The number of hydrogen-bond acceptors (Lipinski definition) is 12. The first-order chi connectivity index (χ1) is 55.2. The fourth-order valence-corrected chi connectivity index (χ4v) is 17.9. The Hall–Kier alpha value is -2.42. The lowest BCUT2D eigenvalue weighted by Crippen LogP contribution is -2.43. The minimum atomic E-state index is -2.31. The molecule has 0 spiro atoms. The Morgan fingerprint density at radius 3 is 0.310 bits per heavy atom. The summed E-state index contributed by atoms with van der Waals surface area (Å²) in [7, 11) is 10.2. The molecule has 0 aromatic rings. The van der Waals surface area contributed by atoms with Gasteiger partial charge in [0.05, 0.1) is 213 Å². The second kappa shape index (κ2) is 78.6. The summed E-state index contributed by atoms with van der Waals surface area (Å²) in [6.07, 6.45) is 68.9. The van der Waals surface area contributed by atoms with Crippen molar-refractivity contribution in [3.8, 4) is 23.9 Å². The highest BCUT2D eigenvalue weighted by Crippen LogP contribution is 2.24. The van der Waals surface area contributed by atoms with Gasteiger partial charge in [-0.15, -0.1) is 0 Å². The van der Waals surface area contributed by atoms with Gasteiger partial charge in [-0.05, 0) is 127 Å². The molecule has 8 aliphatic rings. The summed E-state index contributed by atoms with van der Waals surface area (Å²) in [6.45, 7) is 52.7. The standard InChI is InChI=1S/8C11H24N.4CBNO2/c8*1-3-4-5-6-9-12(2)10-7-8-11-12;4*3-1-2(4)5/h8*3-11H2,1-2H3;;;;/q8*+1;4*-2. The first-order valence-electron chi connectivity index (χ1n) is 48.8. The van der Waals surface area contributed by atoms with Crippen LogP contribution in [0, 0.1) is 44.9 Å². The molecule has 20 nitrogen and oxygen atoms in total. The molecule has 0 amide bonds. The first kappa shape index (κ1) is 120. The van der Waals surface area contributed by atoms with Gasteiger partial charge in [0.25, 0.3) is 0 Å². The van der Waals surface area contributed by atoms with Crippen molar-refractivity contribution in [2.24, 2.45) is 0 Å². The van der Waals surface area contributed by atoms with E-state index < -0.39 is 28.5 Å². The third-order valence-corrected chi connectivity index (χ3v) is 26.0. The molecule has 680 valence electrons. The quantitative estimate of drug-likeness (QED) is 0.0314. The molecule has 116 heavy (non-hydrogen) atoms. The van der Waals surface area contributed by atoms with Crippen molar-refractivity contribution >= 4 is 28.5 Å². The zero-order chi connectivity index (χ0) is 88.0. The fraction of sp³-hybridized carbons (Fsp3) is 0.957. The van der Waals surface area contributed by atoms with Crippen LogP contribution in [0.3, 0.4) is 0 Å². The van der Waals surface area contributed by atoms with E-state index in [9.17, 15) is 0 Å². The predicted molar refractivity (Wildman–Crippen MR) is 479 cm³/mol. The van der Waals surface area contributed by atoms with Crippen LogP contribution in [0.1, 0.15) is 364 Å². The summed E-state index contributed by atoms with van der Waals surface area (Å²) >= 11 is 0. The Balaban J connectivity index is -0.000000598. The lowest BCUT2D eigenvalue weighted by atomic mass is 9.97. The molecule has 0 radical (unpaired) electrons. The van der Waals surface area contributed by atoms with E-state index in [0.29, 0.717) is 0 Å². The monoisotopic (exact) mass is 1640 g/mol. The van der Waals surface area contributed by atoms with E-state index in [1.165, 1.54) is 501 Å². The number of unbranched alkanes of at least 4 members (excludes halogenated alkanes) is 24. The Kier molecular flexibility index (Phi) is 81.2. The van der Waals surface area contributed by atoms with Crippen LogP contribution in [0.25, 0.3) is 0 Å². The van der Waals surface area contributed by atoms with Gasteiger partial charge in [0, 0.05) is 131 Å². The molecule has 0 N–H and O–H groups in total. The summed E-state index contributed by atoms with van der Waals surface area (Å²) in [6, 6.07) is 0. The maximum atomic E-state index is 8.98. The van der Waals surface area contributed by atoms with Crippen molar-refractivity contribution < 1.29 is 76.1 Å². The number of nitriles is 4. The second-order valence-corrected chi connectivity index (χ2v) is 38.3. The topological polar surface area (TPSA) is 280 Å². The molecular formula is C92H192B4N12O8. The van der Waals surface area contributed by atoms with E-state index >= 15 is 0 Å². The molecule has 8 saturated heterocycles. The normalized spacial score (nSPS) is 18.8. The van der Waals surface area contributed by atoms with Gasteiger partial charge in [-0.25, -0.2) is 21.0 Å². The molecule has 8 fully saturated rings. The predicted octanol–water partition coefficient (Wildman–Crippen LogP) is 11.5. The van der Waals surface area contributed by atoms with Crippen molar-refractivity contribution in [3.05, 3.63) is 0 Å². The summed E-state index contributed by atoms with van der Waals surface area (Å²) < 4.78 is 10.9. The highest BCUT2D eigenvalue weighted by molar-refractivity contribution is 6.47. The van der Waals surface area contributed by atoms with Crippen molar-refractivity contribution in [2.45, 2.75) is 364 Å². The highest BCUT2D eigenvalue weighted by atomic mass is 16.4. The maximum absolute atomic E-state index is 8.98. The number of nitrogens with zero attached hydrogens (tertiary/aromatic N) is 12. The van der Waals surface area contributed by atoms with E-state index in [1.807, 2.05) is 0 Å². The van der Waals surface area contributed by atoms with Crippen LogP contribution in [-0.4, -0.2) is 278 Å². The zero-order valence-electron chi connectivity index (χ0n) is 79.9. The van der Waals surface area contributed by atoms with Crippen molar-refractivity contribution in [2.75, 3.05) is 213 Å². The number of hydrogen-bond donors (Lipinski definition) is 0. The van der Waals surface area contributed by atoms with Gasteiger partial charge in [-0.1, -0.05) is 158 Å². The average Bonchev–Trinajstić information content (AvgIpc) is 1.82. The number of likely N-dealkylation sites (tertiary alicyclic amines) is 8. The third-order valence-electron chi connectivity index (χ3n) is 26.0. The van der Waals surface area contributed by atoms with E-state index in [0.717, 1.165) is 23.9 Å². The van der Waals surface area contributed by atoms with Crippen LogP contribution >= 0.6 is 0 Å². The molecule has 24 heteroatoms. The third kappa shape index (κ3) is 76.5. The lowest BCUT2D eigenvalue weighted by Gasteiger charge is -2.29. The summed E-state index contributed by atoms with van der Waals surface area (Å²) in [5, 5.41) is 101. The van der Waals surface area contributed by atoms with Crippen molar-refractivity contribution in [1.82, 2.24) is 0 Å².